The van der Waals surface area contributed by atoms with Crippen LogP contribution in [0.1, 0.15) is 19.8 Å². The number of benzene rings is 2. The molecule has 0 radical (unpaired) electrons. The maximum atomic E-state index is 13.6. The number of rotatable bonds is 3. The van der Waals surface area contributed by atoms with Crippen molar-refractivity contribution >= 4 is 46.0 Å². The zero-order valence-electron chi connectivity index (χ0n) is 17.6. The number of piperidine rings is 1. The van der Waals surface area contributed by atoms with Crippen LogP contribution in [0.15, 0.2) is 53.3 Å². The summed E-state index contributed by atoms with van der Waals surface area (Å²) in [5.74, 6) is 0.200. The van der Waals surface area contributed by atoms with Crippen LogP contribution in [0.5, 0.6) is 0 Å². The molecular weight excluding hydrogens is 445 g/mol. The number of hydrogen-bond acceptors (Lipinski definition) is 4. The Bertz CT molecular complexity index is 1440. The van der Waals surface area contributed by atoms with Crippen LogP contribution in [0.2, 0.25) is 0 Å². The summed E-state index contributed by atoms with van der Waals surface area (Å²) in [5, 5.41) is 0.514. The van der Waals surface area contributed by atoms with Gasteiger partial charge < -0.3 is 4.90 Å². The highest BCUT2D eigenvalue weighted by Gasteiger charge is 2.24. The fraction of sp³-hybridized carbons (Fsp3) is 0.292. The first kappa shape index (κ1) is 21.0. The van der Waals surface area contributed by atoms with Crippen LogP contribution in [0.3, 0.4) is 0 Å². The molecule has 2 aromatic heterocycles. The molecule has 5 rings (SSSR count). The maximum absolute atomic E-state index is 13.6. The van der Waals surface area contributed by atoms with Gasteiger partial charge in [-0.05, 0) is 60.8 Å². The van der Waals surface area contributed by atoms with Gasteiger partial charge in [0, 0.05) is 13.1 Å². The highest BCUT2D eigenvalue weighted by Crippen LogP contribution is 2.33. The molecule has 1 aliphatic heterocycles. The third-order valence-electron chi connectivity index (χ3n) is 6.20. The highest BCUT2D eigenvalue weighted by atomic mass is 32.1. The van der Waals surface area contributed by atoms with Gasteiger partial charge in [0.25, 0.3) is 5.56 Å². The van der Waals surface area contributed by atoms with E-state index in [0.29, 0.717) is 39.5 Å². The molecule has 164 valence electrons. The van der Waals surface area contributed by atoms with E-state index in [1.54, 1.807) is 18.2 Å². The topological polar surface area (TPSA) is 46.7 Å². The normalized spacial score (nSPS) is 15.0. The third kappa shape index (κ3) is 3.57. The molecule has 2 aromatic carbocycles. The van der Waals surface area contributed by atoms with Crippen molar-refractivity contribution in [1.29, 1.82) is 0 Å². The van der Waals surface area contributed by atoms with Gasteiger partial charge in [0.2, 0.25) is 5.91 Å². The number of para-hydroxylation sites is 1. The first-order chi connectivity index (χ1) is 15.4. The number of hydrogen-bond donors (Lipinski definition) is 0. The first-order valence-corrected chi connectivity index (χ1v) is 11.9. The Morgan fingerprint density at radius 3 is 2.53 bits per heavy atom. The predicted molar refractivity (Wildman–Crippen MR) is 128 cm³/mol. The maximum Gasteiger partial charge on any atom is 0.262 e. The fourth-order valence-electron chi connectivity index (χ4n) is 4.34. The lowest BCUT2D eigenvalue weighted by Gasteiger charge is -2.30. The Morgan fingerprint density at radius 2 is 1.81 bits per heavy atom. The highest BCUT2D eigenvalue weighted by molar-refractivity contribution is 7.73. The van der Waals surface area contributed by atoms with Crippen molar-refractivity contribution in [3.63, 3.8) is 0 Å². The minimum absolute atomic E-state index is 0.0543. The fourth-order valence-corrected chi connectivity index (χ4v) is 5.77. The van der Waals surface area contributed by atoms with Gasteiger partial charge in [0.1, 0.15) is 18.0 Å². The zero-order chi connectivity index (χ0) is 22.4. The molecule has 32 heavy (non-hydrogen) atoms. The number of fused-ring (bicyclic) bond motifs is 3. The Hall–Kier alpha value is -2.84. The summed E-state index contributed by atoms with van der Waals surface area (Å²) in [5.41, 5.74) is 1.81. The molecule has 4 aromatic rings. The summed E-state index contributed by atoms with van der Waals surface area (Å²) < 4.78 is 17.5. The van der Waals surface area contributed by atoms with E-state index in [-0.39, 0.29) is 23.8 Å². The van der Waals surface area contributed by atoms with Gasteiger partial charge in [0.05, 0.1) is 15.8 Å². The number of thiazole rings is 1. The molecule has 0 aliphatic carbocycles. The van der Waals surface area contributed by atoms with E-state index in [2.05, 4.69) is 6.92 Å². The second-order valence-electron chi connectivity index (χ2n) is 8.33. The molecule has 1 amide bonds. The number of carbonyl (C=O) groups is 1. The molecule has 0 saturated carbocycles. The summed E-state index contributed by atoms with van der Waals surface area (Å²) in [6.45, 7) is 3.56. The first-order valence-electron chi connectivity index (χ1n) is 10.6. The summed E-state index contributed by atoms with van der Waals surface area (Å²) in [6, 6.07) is 13.4. The molecular formula is C24H22FN3O2S2. The molecule has 0 spiro atoms. The molecule has 0 N–H and O–H groups in total. The van der Waals surface area contributed by atoms with Gasteiger partial charge in [0.15, 0.2) is 3.95 Å². The van der Waals surface area contributed by atoms with Gasteiger partial charge in [-0.15, -0.1) is 11.3 Å². The summed E-state index contributed by atoms with van der Waals surface area (Å²) >= 11 is 7.04. The van der Waals surface area contributed by atoms with E-state index in [1.807, 2.05) is 27.5 Å². The van der Waals surface area contributed by atoms with Crippen molar-refractivity contribution in [3.8, 4) is 10.4 Å². The lowest BCUT2D eigenvalue weighted by Crippen LogP contribution is -2.41. The van der Waals surface area contributed by atoms with Gasteiger partial charge in [-0.25, -0.2) is 4.39 Å². The molecule has 0 bridgehead atoms. The Kier molecular flexibility index (Phi) is 5.43. The standard InChI is InChI=1S/C24H22FN3O2S2/c1-15-10-12-26(13-11-15)20(29)14-27-22-21(16-6-8-17(25)9-7-16)32-24(31)28(22)19-5-3-2-4-18(19)23(27)30/h2-9,15H,10-14H2,1H3. The zero-order valence-corrected chi connectivity index (χ0v) is 19.2. The second kappa shape index (κ2) is 8.26. The SMILES string of the molecule is CC1CCN(C(=O)Cn2c(=O)c3ccccc3n3c(=S)sc(-c4ccc(F)cc4)c23)CC1. The van der Waals surface area contributed by atoms with E-state index in [4.69, 9.17) is 12.2 Å². The molecule has 8 heteroatoms. The van der Waals surface area contributed by atoms with Gasteiger partial charge in [-0.3, -0.25) is 18.6 Å². The van der Waals surface area contributed by atoms with Gasteiger partial charge >= 0.3 is 0 Å². The average molecular weight is 468 g/mol. The largest absolute Gasteiger partial charge is 0.341 e. The van der Waals surface area contributed by atoms with E-state index in [0.717, 1.165) is 23.3 Å². The van der Waals surface area contributed by atoms with Crippen LogP contribution in [-0.2, 0) is 11.3 Å². The van der Waals surface area contributed by atoms with E-state index < -0.39 is 0 Å². The van der Waals surface area contributed by atoms with Crippen molar-refractivity contribution in [2.75, 3.05) is 13.1 Å². The number of likely N-dealkylation sites (tertiary alicyclic amines) is 1. The van der Waals surface area contributed by atoms with E-state index in [9.17, 15) is 14.0 Å². The average Bonchev–Trinajstić information content (AvgIpc) is 3.14. The Morgan fingerprint density at radius 1 is 1.12 bits per heavy atom. The summed E-state index contributed by atoms with van der Waals surface area (Å²) in [6.07, 6.45) is 1.94. The van der Waals surface area contributed by atoms with Crippen LogP contribution >= 0.6 is 23.6 Å². The third-order valence-corrected chi connectivity index (χ3v) is 7.61. The Labute approximate surface area is 193 Å². The lowest BCUT2D eigenvalue weighted by molar-refractivity contribution is -0.133. The van der Waals surface area contributed by atoms with Crippen LogP contribution in [0, 0.1) is 15.7 Å². The van der Waals surface area contributed by atoms with Gasteiger partial charge in [-0.2, -0.15) is 0 Å². The Balaban J connectivity index is 1.73. The summed E-state index contributed by atoms with van der Waals surface area (Å²) in [4.78, 5) is 29.3. The number of aromatic nitrogens is 2. The molecule has 1 aliphatic rings. The van der Waals surface area contributed by atoms with Crippen molar-refractivity contribution in [1.82, 2.24) is 13.9 Å². The number of halogens is 1. The smallest absolute Gasteiger partial charge is 0.262 e. The van der Waals surface area contributed by atoms with Crippen molar-refractivity contribution < 1.29 is 9.18 Å². The number of carbonyl (C=O) groups excluding carboxylic acids is 1. The van der Waals surface area contributed by atoms with Crippen LogP contribution in [0.25, 0.3) is 27.0 Å². The number of amides is 1. The van der Waals surface area contributed by atoms with Crippen LogP contribution in [-0.4, -0.2) is 32.9 Å². The van der Waals surface area contributed by atoms with E-state index in [1.165, 1.54) is 28.0 Å². The minimum atomic E-state index is -0.335. The van der Waals surface area contributed by atoms with Crippen molar-refractivity contribution in [3.05, 3.63) is 68.7 Å². The van der Waals surface area contributed by atoms with Crippen LogP contribution < -0.4 is 5.56 Å². The number of nitrogens with zero attached hydrogens (tertiary/aromatic N) is 3. The quantitative estimate of drug-likeness (QED) is 0.394. The molecule has 1 fully saturated rings. The summed E-state index contributed by atoms with van der Waals surface area (Å²) in [7, 11) is 0. The molecule has 0 atom stereocenters. The van der Waals surface area contributed by atoms with Crippen molar-refractivity contribution in [2.45, 2.75) is 26.3 Å². The second-order valence-corrected chi connectivity index (χ2v) is 9.98. The van der Waals surface area contributed by atoms with E-state index >= 15 is 0 Å². The molecule has 3 heterocycles. The monoisotopic (exact) mass is 467 g/mol. The molecule has 0 unspecified atom stereocenters. The van der Waals surface area contributed by atoms with Crippen molar-refractivity contribution in [2.24, 2.45) is 5.92 Å². The van der Waals surface area contributed by atoms with Crippen LogP contribution in [0.4, 0.5) is 4.39 Å². The predicted octanol–water partition coefficient (Wildman–Crippen LogP) is 5.11. The molecule has 1 saturated heterocycles. The molecule has 5 nitrogen and oxygen atoms in total. The van der Waals surface area contributed by atoms with Gasteiger partial charge in [-0.1, -0.05) is 31.2 Å². The lowest BCUT2D eigenvalue weighted by atomic mass is 9.99. The minimum Gasteiger partial charge on any atom is -0.341 e.